The Labute approximate surface area is 102 Å². The van der Waals surface area contributed by atoms with Crippen LogP contribution >= 0.6 is 0 Å². The van der Waals surface area contributed by atoms with Crippen LogP contribution in [0.3, 0.4) is 0 Å². The fourth-order valence-corrected chi connectivity index (χ4v) is 3.36. The molecule has 1 aromatic rings. The summed E-state index contributed by atoms with van der Waals surface area (Å²) in [4.78, 5) is 1.71. The van der Waals surface area contributed by atoms with Crippen LogP contribution in [0.4, 0.5) is 4.39 Å². The molecule has 0 amide bonds. The topological polar surface area (TPSA) is 21.1 Å². The van der Waals surface area contributed by atoms with E-state index in [0.717, 1.165) is 13.1 Å². The maximum Gasteiger partial charge on any atom is 0.163 e. The van der Waals surface area contributed by atoms with Crippen molar-refractivity contribution in [2.75, 3.05) is 19.6 Å². The Kier molecular flexibility index (Phi) is 3.12. The van der Waals surface area contributed by atoms with Crippen molar-refractivity contribution in [3.05, 3.63) is 35.1 Å². The summed E-state index contributed by atoms with van der Waals surface area (Å²) in [6.07, 6.45) is 4.08. The number of nitrogens with one attached hydrogen (secondary N) is 1. The summed E-state index contributed by atoms with van der Waals surface area (Å²) in [6, 6.07) is 5.95. The molecule has 0 aromatic heterocycles. The molecule has 3 N–H and O–H groups in total. The minimum absolute atomic E-state index is 0.0913. The highest BCUT2D eigenvalue weighted by atomic mass is 19.1. The molecule has 0 bridgehead atoms. The summed E-state index contributed by atoms with van der Waals surface area (Å²) >= 11 is 0. The molecule has 2 aliphatic rings. The maximum absolute atomic E-state index is 13.2. The van der Waals surface area contributed by atoms with Gasteiger partial charge in [-0.1, -0.05) is 0 Å². The van der Waals surface area contributed by atoms with Crippen LogP contribution in [0.15, 0.2) is 18.2 Å². The summed E-state index contributed by atoms with van der Waals surface area (Å²) in [5.41, 5.74) is 2.60. The van der Waals surface area contributed by atoms with Crippen molar-refractivity contribution >= 4 is 0 Å². The molecule has 2 heterocycles. The molecular formula is C14H21FN2+2. The third-order valence-electron chi connectivity index (χ3n) is 4.24. The minimum Gasteiger partial charge on any atom is -0.337 e. The lowest BCUT2D eigenvalue weighted by Gasteiger charge is -2.33. The van der Waals surface area contributed by atoms with Gasteiger partial charge in [0.2, 0.25) is 0 Å². The zero-order valence-corrected chi connectivity index (χ0v) is 10.2. The number of hydrogen-bond acceptors (Lipinski definition) is 0. The molecule has 0 aliphatic carbocycles. The van der Waals surface area contributed by atoms with Gasteiger partial charge in [-0.3, -0.25) is 0 Å². The van der Waals surface area contributed by atoms with E-state index >= 15 is 0 Å². The third kappa shape index (κ3) is 2.22. The van der Waals surface area contributed by atoms with Gasteiger partial charge in [0.15, 0.2) is 6.04 Å². The van der Waals surface area contributed by atoms with Crippen molar-refractivity contribution < 1.29 is 14.6 Å². The van der Waals surface area contributed by atoms with Crippen LogP contribution in [-0.4, -0.2) is 19.6 Å². The monoisotopic (exact) mass is 236 g/mol. The maximum atomic E-state index is 13.2. The van der Waals surface area contributed by atoms with Gasteiger partial charge in [-0.2, -0.15) is 0 Å². The van der Waals surface area contributed by atoms with Gasteiger partial charge in [-0.05, 0) is 37.5 Å². The Morgan fingerprint density at radius 3 is 2.82 bits per heavy atom. The van der Waals surface area contributed by atoms with Gasteiger partial charge >= 0.3 is 0 Å². The van der Waals surface area contributed by atoms with Crippen LogP contribution in [-0.2, 0) is 6.54 Å². The minimum atomic E-state index is -0.0913. The lowest BCUT2D eigenvalue weighted by Crippen LogP contribution is -3.16. The van der Waals surface area contributed by atoms with Gasteiger partial charge in [-0.15, -0.1) is 0 Å². The number of likely N-dealkylation sites (tertiary alicyclic amines) is 1. The first-order valence-corrected chi connectivity index (χ1v) is 6.79. The Balaban J connectivity index is 1.88. The number of quaternary nitrogens is 2. The van der Waals surface area contributed by atoms with Crippen molar-refractivity contribution in [1.82, 2.24) is 0 Å². The van der Waals surface area contributed by atoms with Crippen LogP contribution in [0.5, 0.6) is 0 Å². The molecule has 1 fully saturated rings. The van der Waals surface area contributed by atoms with Crippen molar-refractivity contribution in [1.29, 1.82) is 0 Å². The van der Waals surface area contributed by atoms with Crippen LogP contribution in [0.1, 0.15) is 36.4 Å². The molecule has 0 radical (unpaired) electrons. The van der Waals surface area contributed by atoms with Crippen LogP contribution in [0.2, 0.25) is 0 Å². The van der Waals surface area contributed by atoms with E-state index in [2.05, 4.69) is 5.32 Å². The Hall–Kier alpha value is -0.930. The van der Waals surface area contributed by atoms with E-state index in [0.29, 0.717) is 6.04 Å². The van der Waals surface area contributed by atoms with Gasteiger partial charge < -0.3 is 10.2 Å². The number of rotatable bonds is 1. The predicted octanol–water partition coefficient (Wildman–Crippen LogP) is 0.0126. The fraction of sp³-hybridized carbons (Fsp3) is 0.571. The average molecular weight is 236 g/mol. The second-order valence-corrected chi connectivity index (χ2v) is 5.34. The van der Waals surface area contributed by atoms with E-state index in [-0.39, 0.29) is 5.82 Å². The molecule has 0 saturated carbocycles. The zero-order chi connectivity index (χ0) is 11.7. The molecule has 17 heavy (non-hydrogen) atoms. The lowest BCUT2D eigenvalue weighted by atomic mass is 9.94. The number of halogens is 1. The van der Waals surface area contributed by atoms with E-state index in [9.17, 15) is 4.39 Å². The molecule has 2 aliphatic heterocycles. The molecule has 1 aromatic carbocycles. The fourth-order valence-electron chi connectivity index (χ4n) is 3.36. The van der Waals surface area contributed by atoms with Crippen molar-refractivity contribution in [3.8, 4) is 0 Å². The Morgan fingerprint density at radius 2 is 2.00 bits per heavy atom. The summed E-state index contributed by atoms with van der Waals surface area (Å²) in [5, 5.41) is 2.33. The van der Waals surface area contributed by atoms with Gasteiger partial charge in [-0.25, -0.2) is 4.39 Å². The van der Waals surface area contributed by atoms with E-state index in [1.807, 2.05) is 6.07 Å². The molecular weight excluding hydrogens is 215 g/mol. The summed E-state index contributed by atoms with van der Waals surface area (Å²) in [6.45, 7) is 4.68. The first-order chi connectivity index (χ1) is 8.34. The largest absolute Gasteiger partial charge is 0.337 e. The summed E-state index contributed by atoms with van der Waals surface area (Å²) in [7, 11) is 0. The van der Waals surface area contributed by atoms with E-state index < -0.39 is 0 Å². The molecule has 3 heteroatoms. The SMILES string of the molecule is Fc1ccc2c(c1)C[NH2+]C[C@@H]2[NH+]1CCCCC1. The number of piperidine rings is 1. The summed E-state index contributed by atoms with van der Waals surface area (Å²) in [5.74, 6) is -0.0913. The highest BCUT2D eigenvalue weighted by molar-refractivity contribution is 5.30. The first-order valence-electron chi connectivity index (χ1n) is 6.79. The molecule has 0 spiro atoms. The number of benzene rings is 1. The predicted molar refractivity (Wildman–Crippen MR) is 64.2 cm³/mol. The zero-order valence-electron chi connectivity index (χ0n) is 10.2. The van der Waals surface area contributed by atoms with Gasteiger partial charge in [0.1, 0.15) is 18.9 Å². The van der Waals surface area contributed by atoms with E-state index in [4.69, 9.17) is 0 Å². The van der Waals surface area contributed by atoms with Crippen LogP contribution in [0.25, 0.3) is 0 Å². The quantitative estimate of drug-likeness (QED) is 0.686. The van der Waals surface area contributed by atoms with Gasteiger partial charge in [0, 0.05) is 11.1 Å². The summed E-state index contributed by atoms with van der Waals surface area (Å²) < 4.78 is 13.2. The Morgan fingerprint density at radius 1 is 1.18 bits per heavy atom. The molecule has 2 nitrogen and oxygen atoms in total. The second-order valence-electron chi connectivity index (χ2n) is 5.34. The normalized spacial score (nSPS) is 25.6. The third-order valence-corrected chi connectivity index (χ3v) is 4.24. The highest BCUT2D eigenvalue weighted by Gasteiger charge is 2.32. The second kappa shape index (κ2) is 4.75. The Bertz CT molecular complexity index is 399. The highest BCUT2D eigenvalue weighted by Crippen LogP contribution is 2.19. The molecule has 1 atom stereocenters. The van der Waals surface area contributed by atoms with E-state index in [1.54, 1.807) is 17.0 Å². The number of fused-ring (bicyclic) bond motifs is 1. The van der Waals surface area contributed by atoms with E-state index in [1.165, 1.54) is 43.5 Å². The molecule has 3 rings (SSSR count). The number of hydrogen-bond donors (Lipinski definition) is 2. The van der Waals surface area contributed by atoms with Crippen LogP contribution in [0, 0.1) is 5.82 Å². The smallest absolute Gasteiger partial charge is 0.163 e. The van der Waals surface area contributed by atoms with Gasteiger partial charge in [0.25, 0.3) is 0 Å². The molecule has 1 saturated heterocycles. The lowest BCUT2D eigenvalue weighted by molar-refractivity contribution is -0.952. The molecule has 0 unspecified atom stereocenters. The van der Waals surface area contributed by atoms with Crippen molar-refractivity contribution in [3.63, 3.8) is 0 Å². The first kappa shape index (κ1) is 11.2. The standard InChI is InChI=1S/C14H19FN2/c15-12-4-5-13-11(8-12)9-16-10-14(13)17-6-2-1-3-7-17/h4-5,8,14,16H,1-3,6-7,9-10H2/p+2/t14-/m0/s1. The van der Waals surface area contributed by atoms with Crippen molar-refractivity contribution in [2.24, 2.45) is 0 Å². The number of nitrogens with two attached hydrogens (primary N) is 1. The molecule has 92 valence electrons. The van der Waals surface area contributed by atoms with Crippen molar-refractivity contribution in [2.45, 2.75) is 31.8 Å². The van der Waals surface area contributed by atoms with Gasteiger partial charge in [0.05, 0.1) is 13.1 Å². The van der Waals surface area contributed by atoms with Crippen LogP contribution < -0.4 is 10.2 Å². The average Bonchev–Trinajstić information content (AvgIpc) is 2.39.